The molecule has 0 saturated carbocycles. The minimum Gasteiger partial charge on any atom is -0.462 e. The number of hydrogen-bond donors (Lipinski definition) is 0. The van der Waals surface area contributed by atoms with E-state index in [4.69, 9.17) is 14.2 Å². The highest BCUT2D eigenvalue weighted by Gasteiger charge is 2.19. The Bertz CT molecular complexity index is 778. The maximum absolute atomic E-state index is 12.6. The molecule has 0 saturated heterocycles. The van der Waals surface area contributed by atoms with Crippen LogP contribution in [0, 0.1) is 0 Å². The maximum Gasteiger partial charge on any atom is 0.306 e. The Morgan fingerprint density at radius 2 is 0.660 bits per heavy atom. The fraction of sp³-hybridized carbons (Fsp3) is 0.886. The number of ether oxygens (including phenoxy) is 3. The molecule has 0 heterocycles. The molecule has 6 heteroatoms. The summed E-state index contributed by atoms with van der Waals surface area (Å²) in [5.41, 5.74) is 0. The van der Waals surface area contributed by atoms with E-state index in [9.17, 15) is 14.4 Å². The van der Waals surface area contributed by atoms with Crippen molar-refractivity contribution in [3.63, 3.8) is 0 Å². The van der Waals surface area contributed by atoms with Gasteiger partial charge in [-0.25, -0.2) is 0 Å². The predicted octanol–water partition coefficient (Wildman–Crippen LogP) is 13.5. The summed E-state index contributed by atoms with van der Waals surface area (Å²) in [5, 5.41) is 0. The van der Waals surface area contributed by atoms with Crippen molar-refractivity contribution in [2.24, 2.45) is 0 Å². The van der Waals surface area contributed by atoms with Gasteiger partial charge in [0.1, 0.15) is 13.2 Å². The van der Waals surface area contributed by atoms with Gasteiger partial charge >= 0.3 is 17.9 Å². The lowest BCUT2D eigenvalue weighted by Crippen LogP contribution is -2.30. The van der Waals surface area contributed by atoms with Crippen molar-refractivity contribution >= 4 is 17.9 Å². The van der Waals surface area contributed by atoms with Crippen molar-refractivity contribution in [3.05, 3.63) is 12.2 Å². The van der Waals surface area contributed by atoms with Gasteiger partial charge in [-0.3, -0.25) is 14.4 Å². The van der Waals surface area contributed by atoms with E-state index in [2.05, 4.69) is 32.9 Å². The molecule has 0 aliphatic heterocycles. The molecule has 1 unspecified atom stereocenters. The van der Waals surface area contributed by atoms with Gasteiger partial charge in [0.15, 0.2) is 6.10 Å². The van der Waals surface area contributed by atoms with E-state index in [1.54, 1.807) is 0 Å². The van der Waals surface area contributed by atoms with Crippen LogP contribution in [0.25, 0.3) is 0 Å². The van der Waals surface area contributed by atoms with E-state index in [-0.39, 0.29) is 31.1 Å². The van der Waals surface area contributed by atoms with Gasteiger partial charge < -0.3 is 14.2 Å². The summed E-state index contributed by atoms with van der Waals surface area (Å²) < 4.78 is 16.6. The summed E-state index contributed by atoms with van der Waals surface area (Å²) in [4.78, 5) is 37.4. The third-order valence-corrected chi connectivity index (χ3v) is 9.52. The lowest BCUT2D eigenvalue weighted by Gasteiger charge is -2.18. The zero-order valence-corrected chi connectivity index (χ0v) is 33.4. The Hall–Kier alpha value is -1.85. The zero-order valence-electron chi connectivity index (χ0n) is 33.4. The Balaban J connectivity index is 4.23. The highest BCUT2D eigenvalue weighted by molar-refractivity contribution is 5.71. The molecule has 0 aromatic heterocycles. The van der Waals surface area contributed by atoms with Crippen LogP contribution in [0.3, 0.4) is 0 Å². The fourth-order valence-corrected chi connectivity index (χ4v) is 6.20. The van der Waals surface area contributed by atoms with Crippen LogP contribution in [0.5, 0.6) is 0 Å². The van der Waals surface area contributed by atoms with Crippen LogP contribution in [-0.4, -0.2) is 37.2 Å². The van der Waals surface area contributed by atoms with Crippen LogP contribution in [0.4, 0.5) is 0 Å². The molecule has 0 aliphatic carbocycles. The first-order chi connectivity index (χ1) is 24.5. The first kappa shape index (κ1) is 48.1. The Labute approximate surface area is 310 Å². The van der Waals surface area contributed by atoms with Crippen LogP contribution in [0.1, 0.15) is 233 Å². The maximum atomic E-state index is 12.6. The topological polar surface area (TPSA) is 78.9 Å². The number of carbonyl (C=O) groups is 3. The van der Waals surface area contributed by atoms with Crippen LogP contribution in [0.15, 0.2) is 12.2 Å². The molecular weight excluding hydrogens is 624 g/mol. The standard InChI is InChI=1S/C44H82O6/c1-4-7-10-13-15-17-19-21-22-23-25-26-28-31-34-37-43(46)49-40-41(39-48-42(45)36-33-30-12-9-6-3)50-44(47)38-35-32-29-27-24-20-18-16-14-11-8-5-2/h21-22,41H,4-20,23-40H2,1-3H3/b22-21-. The molecule has 0 N–H and O–H groups in total. The molecular formula is C44H82O6. The minimum absolute atomic E-state index is 0.0708. The molecule has 0 spiro atoms. The first-order valence-corrected chi connectivity index (χ1v) is 21.7. The van der Waals surface area contributed by atoms with Gasteiger partial charge in [0.2, 0.25) is 0 Å². The van der Waals surface area contributed by atoms with Crippen molar-refractivity contribution in [3.8, 4) is 0 Å². The highest BCUT2D eigenvalue weighted by Crippen LogP contribution is 2.14. The lowest BCUT2D eigenvalue weighted by atomic mass is 10.0. The number of hydrogen-bond acceptors (Lipinski definition) is 6. The Morgan fingerprint density at radius 3 is 1.00 bits per heavy atom. The second kappa shape index (κ2) is 39.9. The molecule has 0 rings (SSSR count). The fourth-order valence-electron chi connectivity index (χ4n) is 6.20. The summed E-state index contributed by atoms with van der Waals surface area (Å²) >= 11 is 0. The van der Waals surface area contributed by atoms with Gasteiger partial charge in [-0.05, 0) is 44.9 Å². The van der Waals surface area contributed by atoms with E-state index in [1.165, 1.54) is 122 Å². The summed E-state index contributed by atoms with van der Waals surface area (Å²) in [5.74, 6) is -0.888. The average Bonchev–Trinajstić information content (AvgIpc) is 3.11. The number of carbonyl (C=O) groups excluding carboxylic acids is 3. The number of esters is 3. The van der Waals surface area contributed by atoms with Crippen molar-refractivity contribution in [2.75, 3.05) is 13.2 Å². The molecule has 0 aromatic carbocycles. The molecule has 0 bridgehead atoms. The third-order valence-electron chi connectivity index (χ3n) is 9.52. The number of unbranched alkanes of at least 4 members (excludes halogenated alkanes) is 26. The molecule has 50 heavy (non-hydrogen) atoms. The van der Waals surface area contributed by atoms with E-state index >= 15 is 0 Å². The van der Waals surface area contributed by atoms with Gasteiger partial charge in [0.25, 0.3) is 0 Å². The van der Waals surface area contributed by atoms with Crippen LogP contribution >= 0.6 is 0 Å². The molecule has 0 aromatic rings. The predicted molar refractivity (Wildman–Crippen MR) is 210 cm³/mol. The van der Waals surface area contributed by atoms with Crippen LogP contribution in [-0.2, 0) is 28.6 Å². The van der Waals surface area contributed by atoms with Gasteiger partial charge in [-0.15, -0.1) is 0 Å². The van der Waals surface area contributed by atoms with Crippen molar-refractivity contribution in [1.82, 2.24) is 0 Å². The van der Waals surface area contributed by atoms with Crippen molar-refractivity contribution in [1.29, 1.82) is 0 Å². The molecule has 0 radical (unpaired) electrons. The van der Waals surface area contributed by atoms with Crippen LogP contribution in [0.2, 0.25) is 0 Å². The summed E-state index contributed by atoms with van der Waals surface area (Å²) in [7, 11) is 0. The smallest absolute Gasteiger partial charge is 0.306 e. The monoisotopic (exact) mass is 707 g/mol. The summed E-state index contributed by atoms with van der Waals surface area (Å²) in [6.45, 7) is 6.54. The van der Waals surface area contributed by atoms with Crippen molar-refractivity contribution in [2.45, 2.75) is 239 Å². The third kappa shape index (κ3) is 37.4. The normalized spacial score (nSPS) is 12.0. The molecule has 1 atom stereocenters. The van der Waals surface area contributed by atoms with Gasteiger partial charge in [0, 0.05) is 19.3 Å². The van der Waals surface area contributed by atoms with E-state index < -0.39 is 6.10 Å². The van der Waals surface area contributed by atoms with Crippen LogP contribution < -0.4 is 0 Å². The SMILES string of the molecule is CCCCCCCC/C=C\CCCCCCCC(=O)OCC(COC(=O)CCCCCCC)OC(=O)CCCCCCCCCCCCCC. The Morgan fingerprint density at radius 1 is 0.380 bits per heavy atom. The van der Waals surface area contributed by atoms with Gasteiger partial charge in [-0.1, -0.05) is 181 Å². The number of allylic oxidation sites excluding steroid dienone is 2. The average molecular weight is 707 g/mol. The first-order valence-electron chi connectivity index (χ1n) is 21.7. The van der Waals surface area contributed by atoms with E-state index in [1.807, 2.05) is 0 Å². The molecule has 0 fully saturated rings. The lowest BCUT2D eigenvalue weighted by molar-refractivity contribution is -0.167. The molecule has 0 amide bonds. The minimum atomic E-state index is -0.762. The number of rotatable bonds is 39. The second-order valence-corrected chi connectivity index (χ2v) is 14.6. The van der Waals surface area contributed by atoms with Gasteiger partial charge in [-0.2, -0.15) is 0 Å². The van der Waals surface area contributed by atoms with Gasteiger partial charge in [0.05, 0.1) is 0 Å². The largest absolute Gasteiger partial charge is 0.462 e. The zero-order chi connectivity index (χ0) is 36.6. The molecule has 0 aliphatic rings. The van der Waals surface area contributed by atoms with E-state index in [0.717, 1.165) is 70.6 Å². The second-order valence-electron chi connectivity index (χ2n) is 14.6. The van der Waals surface area contributed by atoms with E-state index in [0.29, 0.717) is 19.3 Å². The highest BCUT2D eigenvalue weighted by atomic mass is 16.6. The Kier molecular flexibility index (Phi) is 38.5. The quantitative estimate of drug-likeness (QED) is 0.0274. The summed E-state index contributed by atoms with van der Waals surface area (Å²) in [6.07, 6.45) is 40.8. The molecule has 6 nitrogen and oxygen atoms in total. The van der Waals surface area contributed by atoms with Crippen molar-refractivity contribution < 1.29 is 28.6 Å². The summed E-state index contributed by atoms with van der Waals surface area (Å²) in [6, 6.07) is 0. The molecule has 294 valence electrons.